The lowest BCUT2D eigenvalue weighted by atomic mass is 9.91. The van der Waals surface area contributed by atoms with Crippen LogP contribution in [0.15, 0.2) is 48.5 Å². The number of halogens is 1. The van der Waals surface area contributed by atoms with Gasteiger partial charge < -0.3 is 10.2 Å². The van der Waals surface area contributed by atoms with E-state index in [0.29, 0.717) is 13.0 Å². The molecule has 0 bridgehead atoms. The summed E-state index contributed by atoms with van der Waals surface area (Å²) in [7, 11) is 0. The minimum atomic E-state index is -0.282. The Morgan fingerprint density at radius 2 is 1.89 bits per heavy atom. The smallest absolute Gasteiger partial charge is 0.246 e. The van der Waals surface area contributed by atoms with Crippen LogP contribution in [0.1, 0.15) is 43.2 Å². The molecule has 1 aliphatic rings. The molecule has 5 heteroatoms. The Labute approximate surface area is 159 Å². The molecule has 0 fully saturated rings. The van der Waals surface area contributed by atoms with Gasteiger partial charge in [-0.15, -0.1) is 0 Å². The molecule has 0 saturated carbocycles. The fourth-order valence-corrected chi connectivity index (χ4v) is 3.63. The van der Waals surface area contributed by atoms with Gasteiger partial charge in [-0.1, -0.05) is 43.7 Å². The number of rotatable bonds is 7. The minimum Gasteiger partial charge on any atom is -0.347 e. The van der Waals surface area contributed by atoms with E-state index in [9.17, 15) is 14.0 Å². The number of nitrogens with one attached hydrogen (secondary N) is 1. The second kappa shape index (κ2) is 8.80. The van der Waals surface area contributed by atoms with Gasteiger partial charge in [0.15, 0.2) is 0 Å². The topological polar surface area (TPSA) is 49.4 Å². The Kier molecular flexibility index (Phi) is 6.22. The molecule has 2 amide bonds. The van der Waals surface area contributed by atoms with Gasteiger partial charge in [-0.05, 0) is 48.1 Å². The van der Waals surface area contributed by atoms with Crippen molar-refractivity contribution in [1.29, 1.82) is 0 Å². The molecule has 4 nitrogen and oxygen atoms in total. The van der Waals surface area contributed by atoms with Crippen LogP contribution in [-0.2, 0) is 16.0 Å². The first-order valence-corrected chi connectivity index (χ1v) is 9.49. The lowest BCUT2D eigenvalue weighted by Crippen LogP contribution is -2.39. The highest BCUT2D eigenvalue weighted by molar-refractivity contribution is 5.98. The average Bonchev–Trinajstić information content (AvgIpc) is 3.11. The molecule has 3 rings (SSSR count). The molecule has 1 N–H and O–H groups in total. The summed E-state index contributed by atoms with van der Waals surface area (Å²) in [5.41, 5.74) is 3.05. The summed E-state index contributed by atoms with van der Waals surface area (Å²) in [4.78, 5) is 26.6. The van der Waals surface area contributed by atoms with Crippen LogP contribution in [0.25, 0.3) is 0 Å². The maximum atomic E-state index is 13.1. The summed E-state index contributed by atoms with van der Waals surface area (Å²) < 4.78 is 13.1. The molecule has 27 heavy (non-hydrogen) atoms. The number of carbonyl (C=O) groups is 2. The van der Waals surface area contributed by atoms with E-state index < -0.39 is 0 Å². The lowest BCUT2D eigenvalue weighted by Gasteiger charge is -2.19. The van der Waals surface area contributed by atoms with Crippen molar-refractivity contribution in [2.45, 2.75) is 38.5 Å². The Bertz CT molecular complexity index is 804. The van der Waals surface area contributed by atoms with Crippen molar-refractivity contribution < 1.29 is 14.0 Å². The second-order valence-electron chi connectivity index (χ2n) is 6.94. The predicted molar refractivity (Wildman–Crippen MR) is 104 cm³/mol. The van der Waals surface area contributed by atoms with Crippen LogP contribution < -0.4 is 10.2 Å². The normalized spacial score (nSPS) is 13.9. The number of fused-ring (bicyclic) bond motifs is 1. The molecule has 0 radical (unpaired) electrons. The Morgan fingerprint density at radius 3 is 2.63 bits per heavy atom. The van der Waals surface area contributed by atoms with E-state index in [1.165, 1.54) is 12.1 Å². The zero-order chi connectivity index (χ0) is 19.2. The quantitative estimate of drug-likeness (QED) is 0.808. The molecule has 1 atom stereocenters. The number of nitrogens with zero attached hydrogens (tertiary/aromatic N) is 1. The molecule has 0 saturated heterocycles. The number of benzene rings is 2. The summed E-state index contributed by atoms with van der Waals surface area (Å²) in [6.07, 6.45) is 2.91. The van der Waals surface area contributed by atoms with E-state index in [-0.39, 0.29) is 30.1 Å². The van der Waals surface area contributed by atoms with Crippen molar-refractivity contribution in [1.82, 2.24) is 5.32 Å². The SMILES string of the molecule is CCCC(CC(=O)NCC(=O)N1CCc2ccccc21)c1ccc(F)cc1. The number of para-hydroxylation sites is 1. The number of anilines is 1. The van der Waals surface area contributed by atoms with Crippen LogP contribution in [0.5, 0.6) is 0 Å². The fraction of sp³-hybridized carbons (Fsp3) is 0.364. The van der Waals surface area contributed by atoms with Gasteiger partial charge in [0.2, 0.25) is 11.8 Å². The molecule has 0 spiro atoms. The molecule has 0 aliphatic carbocycles. The van der Waals surface area contributed by atoms with E-state index in [1.54, 1.807) is 17.0 Å². The largest absolute Gasteiger partial charge is 0.347 e. The summed E-state index contributed by atoms with van der Waals surface area (Å²) in [6.45, 7) is 2.71. The predicted octanol–water partition coefficient (Wildman–Crippen LogP) is 3.81. The van der Waals surface area contributed by atoms with Crippen LogP contribution >= 0.6 is 0 Å². The van der Waals surface area contributed by atoms with Gasteiger partial charge in [0.25, 0.3) is 0 Å². The van der Waals surface area contributed by atoms with Crippen molar-refractivity contribution in [2.75, 3.05) is 18.0 Å². The van der Waals surface area contributed by atoms with Crippen molar-refractivity contribution in [3.63, 3.8) is 0 Å². The first kappa shape index (κ1) is 19.1. The Balaban J connectivity index is 1.55. The van der Waals surface area contributed by atoms with Crippen LogP contribution in [-0.4, -0.2) is 24.9 Å². The molecule has 1 aliphatic heterocycles. The fourth-order valence-electron chi connectivity index (χ4n) is 3.63. The summed E-state index contributed by atoms with van der Waals surface area (Å²) in [5, 5.41) is 2.76. The molecule has 1 heterocycles. The van der Waals surface area contributed by atoms with E-state index >= 15 is 0 Å². The number of hydrogen-bond acceptors (Lipinski definition) is 2. The summed E-state index contributed by atoms with van der Waals surface area (Å²) >= 11 is 0. The zero-order valence-electron chi connectivity index (χ0n) is 15.6. The van der Waals surface area contributed by atoms with E-state index in [2.05, 4.69) is 12.2 Å². The van der Waals surface area contributed by atoms with E-state index in [0.717, 1.165) is 36.1 Å². The lowest BCUT2D eigenvalue weighted by molar-refractivity contribution is -0.125. The molecule has 2 aromatic rings. The van der Waals surface area contributed by atoms with Gasteiger partial charge in [0, 0.05) is 18.7 Å². The number of carbonyl (C=O) groups excluding carboxylic acids is 2. The molecule has 0 aromatic heterocycles. The Morgan fingerprint density at radius 1 is 1.15 bits per heavy atom. The first-order chi connectivity index (χ1) is 13.1. The van der Waals surface area contributed by atoms with Crippen LogP contribution in [0.2, 0.25) is 0 Å². The average molecular weight is 368 g/mol. The number of amides is 2. The highest BCUT2D eigenvalue weighted by Crippen LogP contribution is 2.27. The van der Waals surface area contributed by atoms with Crippen molar-refractivity contribution in [3.8, 4) is 0 Å². The standard InChI is InChI=1S/C22H25FN2O2/c1-2-5-18(16-8-10-19(23)11-9-16)14-21(26)24-15-22(27)25-13-12-17-6-3-4-7-20(17)25/h3-4,6-11,18H,2,5,12-15H2,1H3,(H,24,26). The second-order valence-corrected chi connectivity index (χ2v) is 6.94. The maximum Gasteiger partial charge on any atom is 0.246 e. The van der Waals surface area contributed by atoms with Gasteiger partial charge in [0.1, 0.15) is 5.82 Å². The molecular formula is C22H25FN2O2. The monoisotopic (exact) mass is 368 g/mol. The van der Waals surface area contributed by atoms with Crippen molar-refractivity contribution in [2.24, 2.45) is 0 Å². The van der Waals surface area contributed by atoms with E-state index in [4.69, 9.17) is 0 Å². The van der Waals surface area contributed by atoms with Crippen molar-refractivity contribution >= 4 is 17.5 Å². The highest BCUT2D eigenvalue weighted by Gasteiger charge is 2.24. The van der Waals surface area contributed by atoms with Gasteiger partial charge in [-0.25, -0.2) is 4.39 Å². The third-order valence-corrected chi connectivity index (χ3v) is 5.04. The molecule has 1 unspecified atom stereocenters. The zero-order valence-corrected chi connectivity index (χ0v) is 15.6. The molecule has 142 valence electrons. The Hall–Kier alpha value is -2.69. The van der Waals surface area contributed by atoms with Crippen LogP contribution in [0, 0.1) is 5.82 Å². The van der Waals surface area contributed by atoms with Crippen molar-refractivity contribution in [3.05, 3.63) is 65.5 Å². The third kappa shape index (κ3) is 4.73. The first-order valence-electron chi connectivity index (χ1n) is 9.49. The van der Waals surface area contributed by atoms with Gasteiger partial charge in [-0.3, -0.25) is 9.59 Å². The van der Waals surface area contributed by atoms with E-state index in [1.807, 2.05) is 24.3 Å². The van der Waals surface area contributed by atoms with Gasteiger partial charge >= 0.3 is 0 Å². The number of hydrogen-bond donors (Lipinski definition) is 1. The molecule has 2 aromatic carbocycles. The summed E-state index contributed by atoms with van der Waals surface area (Å²) in [5.74, 6) is -0.506. The van der Waals surface area contributed by atoms with Gasteiger partial charge in [0.05, 0.1) is 6.54 Å². The third-order valence-electron chi connectivity index (χ3n) is 5.04. The van der Waals surface area contributed by atoms with Crippen LogP contribution in [0.4, 0.5) is 10.1 Å². The highest BCUT2D eigenvalue weighted by atomic mass is 19.1. The minimum absolute atomic E-state index is 0.00453. The molecular weight excluding hydrogens is 343 g/mol. The maximum absolute atomic E-state index is 13.1. The van der Waals surface area contributed by atoms with Crippen LogP contribution in [0.3, 0.4) is 0 Å². The van der Waals surface area contributed by atoms with Gasteiger partial charge in [-0.2, -0.15) is 0 Å². The summed E-state index contributed by atoms with van der Waals surface area (Å²) in [6, 6.07) is 14.2.